The van der Waals surface area contributed by atoms with Gasteiger partial charge in [0, 0.05) is 12.1 Å². The van der Waals surface area contributed by atoms with Crippen LogP contribution in [0.1, 0.15) is 35.5 Å². The van der Waals surface area contributed by atoms with Crippen molar-refractivity contribution in [1.82, 2.24) is 0 Å². The molecular formula is C29H30O12. The summed E-state index contributed by atoms with van der Waals surface area (Å²) in [6, 6.07) is 6.85. The van der Waals surface area contributed by atoms with Gasteiger partial charge in [-0.05, 0) is 49.2 Å². The van der Waals surface area contributed by atoms with Crippen LogP contribution in [0.3, 0.4) is 0 Å². The zero-order chi connectivity index (χ0) is 30.0. The molecule has 4 rings (SSSR count). The van der Waals surface area contributed by atoms with E-state index in [1.807, 2.05) is 0 Å². The second kappa shape index (κ2) is 12.1. The summed E-state index contributed by atoms with van der Waals surface area (Å²) in [6.45, 7) is 2.33. The summed E-state index contributed by atoms with van der Waals surface area (Å²) in [4.78, 5) is 36.9. The van der Waals surface area contributed by atoms with E-state index in [9.17, 15) is 39.9 Å². The smallest absolute Gasteiger partial charge is 0.330 e. The van der Waals surface area contributed by atoms with E-state index >= 15 is 0 Å². The molecule has 41 heavy (non-hydrogen) atoms. The predicted molar refractivity (Wildman–Crippen MR) is 144 cm³/mol. The van der Waals surface area contributed by atoms with Gasteiger partial charge in [-0.2, -0.15) is 0 Å². The number of phenols is 2. The molecular weight excluding hydrogens is 540 g/mol. The molecule has 0 saturated carbocycles. The Labute approximate surface area is 233 Å². The van der Waals surface area contributed by atoms with Gasteiger partial charge in [0.05, 0.1) is 24.5 Å². The summed E-state index contributed by atoms with van der Waals surface area (Å²) in [5.41, 5.74) is 0.0666. The highest BCUT2D eigenvalue weighted by molar-refractivity contribution is 5.87. The Balaban J connectivity index is 1.60. The maximum absolute atomic E-state index is 12.9. The molecule has 1 aromatic heterocycles. The van der Waals surface area contributed by atoms with Crippen LogP contribution in [0.4, 0.5) is 0 Å². The molecule has 0 amide bonds. The number of fused-ring (bicyclic) bond motifs is 1. The van der Waals surface area contributed by atoms with E-state index in [-0.39, 0.29) is 46.0 Å². The van der Waals surface area contributed by atoms with Crippen molar-refractivity contribution in [3.63, 3.8) is 0 Å². The molecule has 1 saturated heterocycles. The number of aromatic hydroxyl groups is 2. The minimum absolute atomic E-state index is 0.0237. The van der Waals surface area contributed by atoms with Crippen molar-refractivity contribution in [2.45, 2.75) is 50.8 Å². The summed E-state index contributed by atoms with van der Waals surface area (Å²) in [5.74, 6) is -1.38. The number of carbonyl (C=O) groups is 2. The number of methoxy groups -OCH3 is 1. The van der Waals surface area contributed by atoms with Crippen molar-refractivity contribution in [1.29, 1.82) is 0 Å². The Hall–Kier alpha value is -4.23. The van der Waals surface area contributed by atoms with E-state index in [0.717, 1.165) is 6.08 Å². The lowest BCUT2D eigenvalue weighted by atomic mass is 9.89. The minimum atomic E-state index is -1.79. The molecule has 12 nitrogen and oxygen atoms in total. The maximum Gasteiger partial charge on any atom is 0.330 e. The average molecular weight is 571 g/mol. The number of benzene rings is 2. The van der Waals surface area contributed by atoms with Crippen LogP contribution in [-0.4, -0.2) is 75.4 Å². The van der Waals surface area contributed by atoms with Gasteiger partial charge in [0.25, 0.3) is 0 Å². The third-order valence-corrected chi connectivity index (χ3v) is 6.69. The SMILES string of the molecule is COc1cc(/C=C/C(=O)OC[C@H]2O[C@@H](c3c(O)cc(C)c4c(=O)cc(CC(C)=O)oc34)[C@H](O)[C@@H](O)[C@@H]2O)ccc1O. The van der Waals surface area contributed by atoms with Crippen LogP contribution < -0.4 is 10.2 Å². The molecule has 1 aliphatic rings. The van der Waals surface area contributed by atoms with E-state index < -0.39 is 54.3 Å². The van der Waals surface area contributed by atoms with Gasteiger partial charge in [0.1, 0.15) is 60.0 Å². The normalized spacial score (nSPS) is 22.6. The highest BCUT2D eigenvalue weighted by Gasteiger charge is 2.46. The highest BCUT2D eigenvalue weighted by Crippen LogP contribution is 2.41. The quantitative estimate of drug-likeness (QED) is 0.194. The van der Waals surface area contributed by atoms with Gasteiger partial charge in [-0.15, -0.1) is 0 Å². The highest BCUT2D eigenvalue weighted by atomic mass is 16.6. The average Bonchev–Trinajstić information content (AvgIpc) is 2.91. The molecule has 0 unspecified atom stereocenters. The van der Waals surface area contributed by atoms with Gasteiger partial charge >= 0.3 is 5.97 Å². The number of phenolic OH excluding ortho intramolecular Hbond substituents is 2. The van der Waals surface area contributed by atoms with Crippen LogP contribution >= 0.6 is 0 Å². The number of aliphatic hydroxyl groups is 3. The second-order valence-corrected chi connectivity index (χ2v) is 9.75. The van der Waals surface area contributed by atoms with Crippen LogP contribution in [0.2, 0.25) is 0 Å². The molecule has 218 valence electrons. The van der Waals surface area contributed by atoms with Crippen LogP contribution in [0.15, 0.2) is 45.6 Å². The predicted octanol–water partition coefficient (Wildman–Crippen LogP) is 1.43. The molecule has 0 radical (unpaired) electrons. The maximum atomic E-state index is 12.9. The fourth-order valence-electron chi connectivity index (χ4n) is 4.69. The van der Waals surface area contributed by atoms with Gasteiger partial charge in [-0.3, -0.25) is 9.59 Å². The Bertz CT molecular complexity index is 1560. The molecule has 0 aliphatic carbocycles. The number of carbonyl (C=O) groups excluding carboxylic acids is 2. The third kappa shape index (κ3) is 6.25. The molecule has 0 bridgehead atoms. The van der Waals surface area contributed by atoms with Crippen molar-refractivity contribution < 1.29 is 53.7 Å². The summed E-state index contributed by atoms with van der Waals surface area (Å²) < 4.78 is 21.8. The minimum Gasteiger partial charge on any atom is -0.507 e. The van der Waals surface area contributed by atoms with Crippen LogP contribution in [0, 0.1) is 6.92 Å². The lowest BCUT2D eigenvalue weighted by Gasteiger charge is -2.40. The fraction of sp³-hybridized carbons (Fsp3) is 0.345. The van der Waals surface area contributed by atoms with E-state index in [2.05, 4.69) is 0 Å². The van der Waals surface area contributed by atoms with Crippen molar-refractivity contribution in [2.24, 2.45) is 0 Å². The number of aliphatic hydroxyl groups excluding tert-OH is 3. The Kier molecular flexibility index (Phi) is 8.78. The van der Waals surface area contributed by atoms with Crippen molar-refractivity contribution >= 4 is 28.8 Å². The summed E-state index contributed by atoms with van der Waals surface area (Å²) in [5, 5.41) is 52.5. The molecule has 2 heterocycles. The molecule has 5 N–H and O–H groups in total. The number of aryl methyl sites for hydroxylation is 1. The van der Waals surface area contributed by atoms with Gasteiger partial charge in [0.15, 0.2) is 16.9 Å². The molecule has 2 aromatic carbocycles. The van der Waals surface area contributed by atoms with Crippen LogP contribution in [-0.2, 0) is 25.5 Å². The summed E-state index contributed by atoms with van der Waals surface area (Å²) >= 11 is 0. The number of ketones is 1. The molecule has 12 heteroatoms. The van der Waals surface area contributed by atoms with E-state index in [1.165, 1.54) is 50.4 Å². The lowest BCUT2D eigenvalue weighted by molar-refractivity contribution is -0.234. The molecule has 1 fully saturated rings. The number of hydrogen-bond acceptors (Lipinski definition) is 12. The fourth-order valence-corrected chi connectivity index (χ4v) is 4.69. The largest absolute Gasteiger partial charge is 0.507 e. The second-order valence-electron chi connectivity index (χ2n) is 9.75. The lowest BCUT2D eigenvalue weighted by Crippen LogP contribution is -2.55. The zero-order valence-corrected chi connectivity index (χ0v) is 22.4. The molecule has 0 spiro atoms. The number of rotatable bonds is 8. The van der Waals surface area contributed by atoms with Crippen LogP contribution in [0.25, 0.3) is 17.0 Å². The van der Waals surface area contributed by atoms with Crippen molar-refractivity contribution in [3.8, 4) is 17.2 Å². The van der Waals surface area contributed by atoms with Crippen LogP contribution in [0.5, 0.6) is 17.2 Å². The zero-order valence-electron chi connectivity index (χ0n) is 22.4. The van der Waals surface area contributed by atoms with Gasteiger partial charge < -0.3 is 44.2 Å². The van der Waals surface area contributed by atoms with E-state index in [4.69, 9.17) is 18.6 Å². The topological polar surface area (TPSA) is 193 Å². The van der Waals surface area contributed by atoms with Crippen molar-refractivity contribution in [3.05, 3.63) is 69.1 Å². The first kappa shape index (κ1) is 29.7. The van der Waals surface area contributed by atoms with E-state index in [0.29, 0.717) is 11.1 Å². The number of Topliss-reactive ketones (excluding diaryl/α,β-unsaturated/α-hetero) is 1. The monoisotopic (exact) mass is 570 g/mol. The molecule has 5 atom stereocenters. The summed E-state index contributed by atoms with van der Waals surface area (Å²) in [7, 11) is 1.38. The first-order chi connectivity index (χ1) is 19.4. The number of hydrogen-bond donors (Lipinski definition) is 5. The first-order valence-corrected chi connectivity index (χ1v) is 12.6. The molecule has 3 aromatic rings. The Morgan fingerprint density at radius 3 is 2.44 bits per heavy atom. The summed E-state index contributed by atoms with van der Waals surface area (Å²) in [6.07, 6.45) is -5.82. The first-order valence-electron chi connectivity index (χ1n) is 12.6. The van der Waals surface area contributed by atoms with Crippen molar-refractivity contribution in [2.75, 3.05) is 13.7 Å². The number of esters is 1. The third-order valence-electron chi connectivity index (χ3n) is 6.69. The van der Waals surface area contributed by atoms with Gasteiger partial charge in [-0.25, -0.2) is 4.79 Å². The standard InChI is InChI=1S/C29H30O12/c1-13-8-18(32)24(28-23(13)19(33)11-16(40-28)9-14(2)30)29-27(37)26(36)25(35)21(41-29)12-39-22(34)7-5-15-4-6-17(31)20(10-15)38-3/h4-8,10-11,21,25-27,29,31-32,35-37H,9,12H2,1-3H3/b7-5+/t21-,25-,26+,27-,29+/m1/s1. The Morgan fingerprint density at radius 1 is 1.02 bits per heavy atom. The Morgan fingerprint density at radius 2 is 1.76 bits per heavy atom. The van der Waals surface area contributed by atoms with E-state index in [1.54, 1.807) is 6.92 Å². The van der Waals surface area contributed by atoms with Gasteiger partial charge in [0.2, 0.25) is 0 Å². The van der Waals surface area contributed by atoms with Gasteiger partial charge in [-0.1, -0.05) is 6.07 Å². The number of ether oxygens (including phenoxy) is 3. The molecule has 1 aliphatic heterocycles.